The van der Waals surface area contributed by atoms with E-state index in [1.54, 1.807) is 22.1 Å². The SMILES string of the molecule is Cn1ncc2c(N3CCN(CC(=O)Nc4ccccc4N4CCCC4=O)CC3)ncnc21. The van der Waals surface area contributed by atoms with Crippen LogP contribution in [-0.4, -0.2) is 75.7 Å². The number of nitrogens with zero attached hydrogens (tertiary/aromatic N) is 7. The summed E-state index contributed by atoms with van der Waals surface area (Å²) in [5.41, 5.74) is 2.27. The molecule has 4 heterocycles. The van der Waals surface area contributed by atoms with E-state index < -0.39 is 0 Å². The van der Waals surface area contributed by atoms with E-state index in [4.69, 9.17) is 0 Å². The molecular formula is C22H26N8O2. The third-order valence-corrected chi connectivity index (χ3v) is 6.09. The quantitative estimate of drug-likeness (QED) is 0.645. The van der Waals surface area contributed by atoms with Crippen LogP contribution in [0, 0.1) is 0 Å². The van der Waals surface area contributed by atoms with Crippen LogP contribution in [0.25, 0.3) is 11.0 Å². The van der Waals surface area contributed by atoms with Crippen LogP contribution in [0.2, 0.25) is 0 Å². The molecule has 166 valence electrons. The average molecular weight is 435 g/mol. The van der Waals surface area contributed by atoms with E-state index in [9.17, 15) is 9.59 Å². The minimum atomic E-state index is -0.0748. The van der Waals surface area contributed by atoms with Gasteiger partial charge in [-0.15, -0.1) is 0 Å². The molecule has 1 N–H and O–H groups in total. The number of hydrogen-bond acceptors (Lipinski definition) is 7. The molecular weight excluding hydrogens is 408 g/mol. The average Bonchev–Trinajstić information content (AvgIpc) is 3.40. The Bertz CT molecular complexity index is 1150. The molecule has 10 nitrogen and oxygen atoms in total. The second-order valence-electron chi connectivity index (χ2n) is 8.18. The lowest BCUT2D eigenvalue weighted by molar-refractivity contribution is -0.118. The van der Waals surface area contributed by atoms with Crippen LogP contribution in [-0.2, 0) is 16.6 Å². The topological polar surface area (TPSA) is 99.5 Å². The van der Waals surface area contributed by atoms with Crippen molar-refractivity contribution in [1.29, 1.82) is 0 Å². The number of piperazine rings is 1. The predicted octanol–water partition coefficient (Wildman–Crippen LogP) is 1.25. The predicted molar refractivity (Wildman–Crippen MR) is 122 cm³/mol. The number of anilines is 3. The van der Waals surface area contributed by atoms with Gasteiger partial charge in [-0.05, 0) is 18.6 Å². The highest BCUT2D eigenvalue weighted by Gasteiger charge is 2.25. The van der Waals surface area contributed by atoms with Crippen molar-refractivity contribution in [3.05, 3.63) is 36.8 Å². The highest BCUT2D eigenvalue weighted by Crippen LogP contribution is 2.29. The molecule has 32 heavy (non-hydrogen) atoms. The Morgan fingerprint density at radius 3 is 2.69 bits per heavy atom. The summed E-state index contributed by atoms with van der Waals surface area (Å²) in [6, 6.07) is 7.50. The molecule has 0 spiro atoms. The summed E-state index contributed by atoms with van der Waals surface area (Å²) in [4.78, 5) is 39.8. The summed E-state index contributed by atoms with van der Waals surface area (Å²) < 4.78 is 1.74. The molecule has 2 aliphatic rings. The van der Waals surface area contributed by atoms with Gasteiger partial charge in [0, 0.05) is 46.2 Å². The zero-order valence-corrected chi connectivity index (χ0v) is 18.1. The summed E-state index contributed by atoms with van der Waals surface area (Å²) in [5.74, 6) is 0.918. The van der Waals surface area contributed by atoms with Crippen LogP contribution in [0.5, 0.6) is 0 Å². The van der Waals surface area contributed by atoms with Gasteiger partial charge in [0.15, 0.2) is 5.65 Å². The molecule has 2 amide bonds. The Morgan fingerprint density at radius 2 is 1.91 bits per heavy atom. The minimum absolute atomic E-state index is 0.0748. The maximum atomic E-state index is 12.8. The fourth-order valence-electron chi connectivity index (χ4n) is 4.43. The molecule has 10 heteroatoms. The van der Waals surface area contributed by atoms with E-state index in [2.05, 4.69) is 30.2 Å². The van der Waals surface area contributed by atoms with Gasteiger partial charge in [-0.25, -0.2) is 9.97 Å². The molecule has 2 aliphatic heterocycles. The Labute approximate surface area is 185 Å². The second-order valence-corrected chi connectivity index (χ2v) is 8.18. The number of nitrogens with one attached hydrogen (secondary N) is 1. The van der Waals surface area contributed by atoms with Gasteiger partial charge in [-0.2, -0.15) is 5.10 Å². The molecule has 0 radical (unpaired) electrons. The summed E-state index contributed by atoms with van der Waals surface area (Å²) >= 11 is 0. The lowest BCUT2D eigenvalue weighted by Crippen LogP contribution is -2.49. The molecule has 3 aromatic rings. The Hall–Kier alpha value is -3.53. The zero-order chi connectivity index (χ0) is 22.1. The second kappa shape index (κ2) is 8.54. The van der Waals surface area contributed by atoms with E-state index in [-0.39, 0.29) is 11.8 Å². The molecule has 0 aliphatic carbocycles. The highest BCUT2D eigenvalue weighted by atomic mass is 16.2. The van der Waals surface area contributed by atoms with Gasteiger partial charge in [0.05, 0.1) is 29.5 Å². The third kappa shape index (κ3) is 3.89. The Balaban J connectivity index is 1.20. The van der Waals surface area contributed by atoms with Gasteiger partial charge in [-0.3, -0.25) is 19.2 Å². The van der Waals surface area contributed by atoms with E-state index >= 15 is 0 Å². The fraction of sp³-hybridized carbons (Fsp3) is 0.409. The van der Waals surface area contributed by atoms with Crippen molar-refractivity contribution in [1.82, 2.24) is 24.6 Å². The first-order valence-corrected chi connectivity index (χ1v) is 10.9. The van der Waals surface area contributed by atoms with Crippen molar-refractivity contribution < 1.29 is 9.59 Å². The lowest BCUT2D eigenvalue weighted by atomic mass is 10.2. The number of carbonyl (C=O) groups excluding carboxylic acids is 2. The number of hydrogen-bond donors (Lipinski definition) is 1. The normalized spacial score (nSPS) is 17.3. The molecule has 2 fully saturated rings. The molecule has 0 bridgehead atoms. The van der Waals surface area contributed by atoms with Gasteiger partial charge in [0.2, 0.25) is 11.8 Å². The lowest BCUT2D eigenvalue weighted by Gasteiger charge is -2.35. The third-order valence-electron chi connectivity index (χ3n) is 6.09. The van der Waals surface area contributed by atoms with E-state index in [0.29, 0.717) is 25.2 Å². The fourth-order valence-corrected chi connectivity index (χ4v) is 4.43. The number of amides is 2. The van der Waals surface area contributed by atoms with Gasteiger partial charge < -0.3 is 15.1 Å². The van der Waals surface area contributed by atoms with Crippen LogP contribution >= 0.6 is 0 Å². The maximum absolute atomic E-state index is 12.8. The Morgan fingerprint density at radius 1 is 1.09 bits per heavy atom. The first-order chi connectivity index (χ1) is 15.6. The van der Waals surface area contributed by atoms with Gasteiger partial charge in [0.1, 0.15) is 12.1 Å². The maximum Gasteiger partial charge on any atom is 0.238 e. The van der Waals surface area contributed by atoms with Crippen LogP contribution in [0.3, 0.4) is 0 Å². The number of fused-ring (bicyclic) bond motifs is 1. The summed E-state index contributed by atoms with van der Waals surface area (Å²) in [5, 5.41) is 8.23. The molecule has 0 atom stereocenters. The number of rotatable bonds is 5. The number of aromatic nitrogens is 4. The number of para-hydroxylation sites is 2. The summed E-state index contributed by atoms with van der Waals surface area (Å²) in [7, 11) is 1.87. The van der Waals surface area contributed by atoms with Crippen molar-refractivity contribution in [2.75, 3.05) is 54.4 Å². The van der Waals surface area contributed by atoms with Crippen molar-refractivity contribution in [2.24, 2.45) is 7.05 Å². The van der Waals surface area contributed by atoms with Crippen LogP contribution in [0.1, 0.15) is 12.8 Å². The summed E-state index contributed by atoms with van der Waals surface area (Å²) in [6.45, 7) is 4.06. The largest absolute Gasteiger partial charge is 0.353 e. The standard InChI is InChI=1S/C22H26N8O2/c1-27-21-16(13-25-27)22(24-15-23-21)29-11-9-28(10-12-29)14-19(31)26-17-5-2-3-6-18(17)30-8-4-7-20(30)32/h2-3,5-6,13,15H,4,7-12,14H2,1H3,(H,26,31). The van der Waals surface area contributed by atoms with E-state index in [1.807, 2.05) is 31.3 Å². The Kier molecular flexibility index (Phi) is 5.44. The molecule has 0 unspecified atom stereocenters. The molecule has 0 saturated carbocycles. The van der Waals surface area contributed by atoms with Gasteiger partial charge in [-0.1, -0.05) is 12.1 Å². The van der Waals surface area contributed by atoms with Crippen molar-refractivity contribution in [3.63, 3.8) is 0 Å². The van der Waals surface area contributed by atoms with Gasteiger partial charge >= 0.3 is 0 Å². The molecule has 5 rings (SSSR count). The first-order valence-electron chi connectivity index (χ1n) is 10.9. The van der Waals surface area contributed by atoms with Crippen LogP contribution in [0.15, 0.2) is 36.8 Å². The zero-order valence-electron chi connectivity index (χ0n) is 18.1. The van der Waals surface area contributed by atoms with E-state index in [0.717, 1.165) is 55.1 Å². The number of carbonyl (C=O) groups is 2. The van der Waals surface area contributed by atoms with Crippen molar-refractivity contribution in [3.8, 4) is 0 Å². The number of benzene rings is 1. The van der Waals surface area contributed by atoms with Crippen molar-refractivity contribution in [2.45, 2.75) is 12.8 Å². The molecule has 1 aromatic carbocycles. The molecule has 2 aromatic heterocycles. The smallest absolute Gasteiger partial charge is 0.238 e. The number of aryl methyl sites for hydroxylation is 1. The van der Waals surface area contributed by atoms with E-state index in [1.165, 1.54) is 0 Å². The molecule has 2 saturated heterocycles. The minimum Gasteiger partial charge on any atom is -0.353 e. The van der Waals surface area contributed by atoms with Crippen LogP contribution in [0.4, 0.5) is 17.2 Å². The first kappa shape index (κ1) is 20.4. The highest BCUT2D eigenvalue weighted by molar-refractivity contribution is 6.02. The van der Waals surface area contributed by atoms with Gasteiger partial charge in [0.25, 0.3) is 0 Å². The monoisotopic (exact) mass is 434 g/mol. The summed E-state index contributed by atoms with van der Waals surface area (Å²) in [6.07, 6.45) is 4.78. The van der Waals surface area contributed by atoms with Crippen molar-refractivity contribution >= 4 is 40.0 Å². The van der Waals surface area contributed by atoms with Crippen LogP contribution < -0.4 is 15.1 Å².